The molecule has 9 heteroatoms. The Morgan fingerprint density at radius 1 is 0.943 bits per heavy atom. The number of alkyl halides is 3. The van der Waals surface area contributed by atoms with Gasteiger partial charge in [-0.25, -0.2) is 8.42 Å². The van der Waals surface area contributed by atoms with Crippen molar-refractivity contribution in [3.63, 3.8) is 0 Å². The van der Waals surface area contributed by atoms with E-state index in [-0.39, 0.29) is 37.4 Å². The first-order valence-electron chi connectivity index (χ1n) is 11.6. The van der Waals surface area contributed by atoms with Crippen LogP contribution in [0.1, 0.15) is 52.0 Å². The van der Waals surface area contributed by atoms with Crippen molar-refractivity contribution in [2.24, 2.45) is 0 Å². The molecule has 0 spiro atoms. The fourth-order valence-corrected chi connectivity index (χ4v) is 5.97. The second-order valence-electron chi connectivity index (χ2n) is 9.80. The van der Waals surface area contributed by atoms with Gasteiger partial charge in [0.2, 0.25) is 0 Å². The van der Waals surface area contributed by atoms with E-state index in [2.05, 4.69) is 0 Å². The molecule has 0 atom stereocenters. The molecule has 0 aromatic heterocycles. The Labute approximate surface area is 204 Å². The number of hydrogen-bond donors (Lipinski definition) is 0. The highest BCUT2D eigenvalue weighted by molar-refractivity contribution is 7.93. The van der Waals surface area contributed by atoms with Crippen LogP contribution in [-0.2, 0) is 30.5 Å². The molecule has 0 bridgehead atoms. The minimum absolute atomic E-state index is 0.0157. The van der Waals surface area contributed by atoms with E-state index in [0.717, 1.165) is 16.7 Å². The van der Waals surface area contributed by atoms with Gasteiger partial charge < -0.3 is 9.47 Å². The molecule has 0 unspecified atom stereocenters. The predicted octanol–water partition coefficient (Wildman–Crippen LogP) is 5.90. The quantitative estimate of drug-likeness (QED) is 0.432. The fraction of sp³-hybridized carbons (Fsp3) is 0.500. The first kappa shape index (κ1) is 27.2. The van der Waals surface area contributed by atoms with Gasteiger partial charge in [0.25, 0.3) is 0 Å². The summed E-state index contributed by atoms with van der Waals surface area (Å²) >= 11 is 0. The zero-order valence-electron chi connectivity index (χ0n) is 20.2. The number of sulfone groups is 1. The summed E-state index contributed by atoms with van der Waals surface area (Å²) in [5.74, 6) is -0.765. The number of halogens is 3. The minimum atomic E-state index is -4.16. The monoisotopic (exact) mass is 512 g/mol. The average molecular weight is 513 g/mol. The number of carbonyl (C=O) groups is 1. The van der Waals surface area contributed by atoms with Crippen LogP contribution in [-0.4, -0.2) is 44.1 Å². The standard InChI is InChI=1S/C26H31F3O5S/c1-24(2,3)34-23(30)25(15-17-33-18-16-25)35(31,32)22-12-10-21(11-13-22)20-8-6-19(7-9-20)5-4-14-26(27,28)29/h6-13H,4-5,14-18H2,1-3H3. The number of rotatable bonds is 7. The third-order valence-electron chi connectivity index (χ3n) is 5.96. The third kappa shape index (κ3) is 6.64. The lowest BCUT2D eigenvalue weighted by Crippen LogP contribution is -2.53. The summed E-state index contributed by atoms with van der Waals surface area (Å²) in [6.45, 7) is 5.38. The van der Waals surface area contributed by atoms with Crippen LogP contribution >= 0.6 is 0 Å². The summed E-state index contributed by atoms with van der Waals surface area (Å²) in [4.78, 5) is 13.1. The van der Waals surface area contributed by atoms with Crippen LogP contribution in [0.15, 0.2) is 53.4 Å². The van der Waals surface area contributed by atoms with Gasteiger partial charge in [-0.1, -0.05) is 36.4 Å². The molecule has 0 saturated carbocycles. The maximum Gasteiger partial charge on any atom is 0.389 e. The Bertz CT molecular complexity index is 1110. The zero-order valence-corrected chi connectivity index (χ0v) is 21.0. The van der Waals surface area contributed by atoms with E-state index < -0.39 is 38.8 Å². The summed E-state index contributed by atoms with van der Waals surface area (Å²) in [7, 11) is -4.07. The maximum absolute atomic E-state index is 13.7. The van der Waals surface area contributed by atoms with Crippen molar-refractivity contribution in [2.75, 3.05) is 13.2 Å². The first-order chi connectivity index (χ1) is 16.2. The van der Waals surface area contributed by atoms with Crippen molar-refractivity contribution in [3.05, 3.63) is 54.1 Å². The van der Waals surface area contributed by atoms with Gasteiger partial charge in [-0.3, -0.25) is 4.79 Å². The van der Waals surface area contributed by atoms with Gasteiger partial charge in [-0.15, -0.1) is 0 Å². The van der Waals surface area contributed by atoms with E-state index in [1.807, 2.05) is 0 Å². The first-order valence-corrected chi connectivity index (χ1v) is 13.0. The van der Waals surface area contributed by atoms with Gasteiger partial charge in [0.15, 0.2) is 14.6 Å². The van der Waals surface area contributed by atoms with E-state index in [0.29, 0.717) is 6.42 Å². The number of ether oxygens (including phenoxy) is 2. The molecule has 35 heavy (non-hydrogen) atoms. The topological polar surface area (TPSA) is 69.7 Å². The average Bonchev–Trinajstić information content (AvgIpc) is 2.78. The molecule has 1 aliphatic heterocycles. The van der Waals surface area contributed by atoms with E-state index in [1.165, 1.54) is 12.1 Å². The molecule has 0 radical (unpaired) electrons. The van der Waals surface area contributed by atoms with Crippen LogP contribution in [0, 0.1) is 0 Å². The Kier molecular flexibility index (Phi) is 8.01. The van der Waals surface area contributed by atoms with Crippen LogP contribution in [0.4, 0.5) is 13.2 Å². The van der Waals surface area contributed by atoms with Crippen molar-refractivity contribution < 1.29 is 35.9 Å². The van der Waals surface area contributed by atoms with Gasteiger partial charge >= 0.3 is 12.1 Å². The summed E-state index contributed by atoms with van der Waals surface area (Å²) in [5, 5.41) is 0. The van der Waals surface area contributed by atoms with Crippen molar-refractivity contribution in [1.82, 2.24) is 0 Å². The molecule has 1 saturated heterocycles. The van der Waals surface area contributed by atoms with Gasteiger partial charge in [-0.05, 0) is 62.4 Å². The van der Waals surface area contributed by atoms with Crippen molar-refractivity contribution in [1.29, 1.82) is 0 Å². The lowest BCUT2D eigenvalue weighted by molar-refractivity contribution is -0.160. The lowest BCUT2D eigenvalue weighted by Gasteiger charge is -2.36. The fourth-order valence-electron chi connectivity index (χ4n) is 4.06. The van der Waals surface area contributed by atoms with Crippen LogP contribution in [0.25, 0.3) is 11.1 Å². The van der Waals surface area contributed by atoms with Crippen molar-refractivity contribution >= 4 is 15.8 Å². The van der Waals surface area contributed by atoms with Crippen molar-refractivity contribution in [3.8, 4) is 11.1 Å². The normalized spacial score (nSPS) is 16.6. The van der Waals surface area contributed by atoms with E-state index in [1.54, 1.807) is 57.2 Å². The van der Waals surface area contributed by atoms with E-state index >= 15 is 0 Å². The molecule has 1 aliphatic rings. The number of carbonyl (C=O) groups excluding carboxylic acids is 1. The van der Waals surface area contributed by atoms with Gasteiger partial charge in [-0.2, -0.15) is 13.2 Å². The van der Waals surface area contributed by atoms with E-state index in [9.17, 15) is 26.4 Å². The predicted molar refractivity (Wildman–Crippen MR) is 127 cm³/mol. The van der Waals surface area contributed by atoms with Crippen LogP contribution in [0.2, 0.25) is 0 Å². The maximum atomic E-state index is 13.7. The Morgan fingerprint density at radius 3 is 1.94 bits per heavy atom. The molecule has 192 valence electrons. The van der Waals surface area contributed by atoms with Gasteiger partial charge in [0.05, 0.1) is 4.90 Å². The molecule has 1 heterocycles. The highest BCUT2D eigenvalue weighted by atomic mass is 32.2. The summed E-state index contributed by atoms with van der Waals surface area (Å²) in [6.07, 6.45) is -4.59. The molecule has 1 fully saturated rings. The Morgan fingerprint density at radius 2 is 1.46 bits per heavy atom. The third-order valence-corrected chi connectivity index (χ3v) is 8.46. The molecule has 3 rings (SSSR count). The highest BCUT2D eigenvalue weighted by Crippen LogP contribution is 2.38. The zero-order chi connectivity index (χ0) is 25.9. The molecule has 0 aliphatic carbocycles. The molecular weight excluding hydrogens is 481 g/mol. The smallest absolute Gasteiger partial charge is 0.389 e. The highest BCUT2D eigenvalue weighted by Gasteiger charge is 2.54. The minimum Gasteiger partial charge on any atom is -0.459 e. The van der Waals surface area contributed by atoms with Gasteiger partial charge in [0.1, 0.15) is 5.60 Å². The summed E-state index contributed by atoms with van der Waals surface area (Å²) in [6, 6.07) is 13.4. The molecule has 0 amide bonds. The summed E-state index contributed by atoms with van der Waals surface area (Å²) < 4.78 is 73.5. The van der Waals surface area contributed by atoms with Crippen LogP contribution < -0.4 is 0 Å². The van der Waals surface area contributed by atoms with Gasteiger partial charge in [0, 0.05) is 32.5 Å². The molecule has 0 N–H and O–H groups in total. The molecule has 2 aromatic carbocycles. The van der Waals surface area contributed by atoms with Crippen LogP contribution in [0.5, 0.6) is 0 Å². The Balaban J connectivity index is 1.80. The second-order valence-corrected chi connectivity index (χ2v) is 12.1. The second kappa shape index (κ2) is 10.3. The number of hydrogen-bond acceptors (Lipinski definition) is 5. The van der Waals surface area contributed by atoms with Crippen molar-refractivity contribution in [2.45, 2.75) is 74.3 Å². The SMILES string of the molecule is CC(C)(C)OC(=O)C1(S(=O)(=O)c2ccc(-c3ccc(CCCC(F)(F)F)cc3)cc2)CCOCC1. The molecule has 2 aromatic rings. The summed E-state index contributed by atoms with van der Waals surface area (Å²) in [5.41, 5.74) is 1.53. The lowest BCUT2D eigenvalue weighted by atomic mass is 9.99. The number of aryl methyl sites for hydroxylation is 1. The Hall–Kier alpha value is -2.39. The van der Waals surface area contributed by atoms with Crippen LogP contribution in [0.3, 0.4) is 0 Å². The molecule has 5 nitrogen and oxygen atoms in total. The number of esters is 1. The largest absolute Gasteiger partial charge is 0.459 e. The molecular formula is C26H31F3O5S. The number of benzene rings is 2. The van der Waals surface area contributed by atoms with E-state index in [4.69, 9.17) is 9.47 Å².